The van der Waals surface area contributed by atoms with Gasteiger partial charge in [-0.1, -0.05) is 37.3 Å². The summed E-state index contributed by atoms with van der Waals surface area (Å²) in [7, 11) is 0. The van der Waals surface area contributed by atoms with E-state index < -0.39 is 0 Å². The Balaban J connectivity index is 0.00000162. The lowest BCUT2D eigenvalue weighted by Crippen LogP contribution is -2.38. The van der Waals surface area contributed by atoms with Crippen LogP contribution in [0.15, 0.2) is 30.3 Å². The van der Waals surface area contributed by atoms with Crippen molar-refractivity contribution in [3.05, 3.63) is 35.9 Å². The molecule has 0 bridgehead atoms. The molecule has 1 fully saturated rings. The molecule has 0 amide bonds. The summed E-state index contributed by atoms with van der Waals surface area (Å²) in [4.78, 5) is 2.63. The van der Waals surface area contributed by atoms with E-state index in [4.69, 9.17) is 5.73 Å². The number of likely N-dealkylation sites (tertiary alicyclic amines) is 1. The van der Waals surface area contributed by atoms with Crippen LogP contribution in [0.1, 0.15) is 37.8 Å². The number of benzene rings is 1. The SMILES string of the molecule is CCC(c1ccccc1)N1CCC(CN)CC1.Cl. The molecule has 1 aromatic rings. The minimum absolute atomic E-state index is 0. The van der Waals surface area contributed by atoms with E-state index in [9.17, 15) is 0 Å². The molecule has 1 atom stereocenters. The van der Waals surface area contributed by atoms with Crippen molar-refractivity contribution in [3.63, 3.8) is 0 Å². The normalized spacial score (nSPS) is 19.2. The number of piperidine rings is 1. The van der Waals surface area contributed by atoms with Crippen molar-refractivity contribution in [2.45, 2.75) is 32.2 Å². The Hall–Kier alpha value is -0.570. The van der Waals surface area contributed by atoms with Gasteiger partial charge in [0.2, 0.25) is 0 Å². The summed E-state index contributed by atoms with van der Waals surface area (Å²) >= 11 is 0. The van der Waals surface area contributed by atoms with Crippen LogP contribution in [0.3, 0.4) is 0 Å². The Morgan fingerprint density at radius 2 is 1.83 bits per heavy atom. The highest BCUT2D eigenvalue weighted by Crippen LogP contribution is 2.28. The van der Waals surface area contributed by atoms with Gasteiger partial charge >= 0.3 is 0 Å². The fourth-order valence-corrected chi connectivity index (χ4v) is 2.88. The summed E-state index contributed by atoms with van der Waals surface area (Å²) in [6, 6.07) is 11.5. The van der Waals surface area contributed by atoms with E-state index in [-0.39, 0.29) is 12.4 Å². The summed E-state index contributed by atoms with van der Waals surface area (Å²) < 4.78 is 0. The zero-order chi connectivity index (χ0) is 12.1. The van der Waals surface area contributed by atoms with Gasteiger partial charge in [-0.05, 0) is 50.4 Å². The van der Waals surface area contributed by atoms with Gasteiger partial charge in [-0.2, -0.15) is 0 Å². The van der Waals surface area contributed by atoms with E-state index in [1.165, 1.54) is 37.9 Å². The Bertz CT molecular complexity index is 321. The summed E-state index contributed by atoms with van der Waals surface area (Å²) in [5.41, 5.74) is 7.21. The minimum Gasteiger partial charge on any atom is -0.330 e. The number of rotatable bonds is 4. The van der Waals surface area contributed by atoms with Crippen molar-refractivity contribution in [3.8, 4) is 0 Å². The molecule has 1 aliphatic rings. The van der Waals surface area contributed by atoms with E-state index >= 15 is 0 Å². The van der Waals surface area contributed by atoms with Gasteiger partial charge in [0.15, 0.2) is 0 Å². The van der Waals surface area contributed by atoms with Gasteiger partial charge in [0.1, 0.15) is 0 Å². The average molecular weight is 269 g/mol. The molecular formula is C15H25ClN2. The predicted octanol–water partition coefficient (Wildman–Crippen LogP) is 3.23. The molecule has 3 heteroatoms. The van der Waals surface area contributed by atoms with E-state index in [0.29, 0.717) is 6.04 Å². The molecule has 1 aromatic carbocycles. The van der Waals surface area contributed by atoms with Crippen LogP contribution in [0.5, 0.6) is 0 Å². The maximum absolute atomic E-state index is 5.75. The lowest BCUT2D eigenvalue weighted by Gasteiger charge is -2.37. The Morgan fingerprint density at radius 3 is 2.33 bits per heavy atom. The van der Waals surface area contributed by atoms with Crippen LogP contribution < -0.4 is 5.73 Å². The zero-order valence-corrected chi connectivity index (χ0v) is 12.0. The summed E-state index contributed by atoms with van der Waals surface area (Å²) in [5.74, 6) is 0.750. The molecule has 102 valence electrons. The van der Waals surface area contributed by atoms with Crippen molar-refractivity contribution < 1.29 is 0 Å². The third-order valence-electron chi connectivity index (χ3n) is 3.99. The maximum atomic E-state index is 5.75. The Morgan fingerprint density at radius 1 is 1.22 bits per heavy atom. The second-order valence-electron chi connectivity index (χ2n) is 5.05. The van der Waals surface area contributed by atoms with Crippen molar-refractivity contribution in [2.75, 3.05) is 19.6 Å². The monoisotopic (exact) mass is 268 g/mol. The molecule has 1 heterocycles. The number of nitrogens with zero attached hydrogens (tertiary/aromatic N) is 1. The standard InChI is InChI=1S/C15H24N2.ClH/c1-2-15(14-6-4-3-5-7-14)17-10-8-13(12-16)9-11-17;/h3-7,13,15H,2,8-12,16H2,1H3;1H. The number of nitrogens with two attached hydrogens (primary N) is 1. The zero-order valence-electron chi connectivity index (χ0n) is 11.2. The topological polar surface area (TPSA) is 29.3 Å². The smallest absolute Gasteiger partial charge is 0.0345 e. The van der Waals surface area contributed by atoms with E-state index in [0.717, 1.165) is 12.5 Å². The van der Waals surface area contributed by atoms with Gasteiger partial charge in [-0.3, -0.25) is 4.90 Å². The molecular weight excluding hydrogens is 244 g/mol. The van der Waals surface area contributed by atoms with Crippen molar-refractivity contribution >= 4 is 12.4 Å². The fourth-order valence-electron chi connectivity index (χ4n) is 2.88. The van der Waals surface area contributed by atoms with Crippen LogP contribution in [0.25, 0.3) is 0 Å². The molecule has 1 saturated heterocycles. The maximum Gasteiger partial charge on any atom is 0.0345 e. The van der Waals surface area contributed by atoms with Crippen molar-refractivity contribution in [1.29, 1.82) is 0 Å². The molecule has 0 radical (unpaired) electrons. The second-order valence-corrected chi connectivity index (χ2v) is 5.05. The number of hydrogen-bond acceptors (Lipinski definition) is 2. The predicted molar refractivity (Wildman–Crippen MR) is 80.1 cm³/mol. The molecule has 0 spiro atoms. The van der Waals surface area contributed by atoms with E-state index in [1.54, 1.807) is 0 Å². The molecule has 2 nitrogen and oxygen atoms in total. The van der Waals surface area contributed by atoms with Gasteiger partial charge in [0.25, 0.3) is 0 Å². The summed E-state index contributed by atoms with van der Waals surface area (Å²) in [6.07, 6.45) is 3.72. The third kappa shape index (κ3) is 3.71. The molecule has 0 aliphatic carbocycles. The van der Waals surface area contributed by atoms with Gasteiger partial charge in [0.05, 0.1) is 0 Å². The lowest BCUT2D eigenvalue weighted by atomic mass is 9.93. The Labute approximate surface area is 117 Å². The van der Waals surface area contributed by atoms with E-state index in [1.807, 2.05) is 0 Å². The first-order valence-electron chi connectivity index (χ1n) is 6.84. The third-order valence-corrected chi connectivity index (χ3v) is 3.99. The highest BCUT2D eigenvalue weighted by atomic mass is 35.5. The molecule has 18 heavy (non-hydrogen) atoms. The van der Waals surface area contributed by atoms with Gasteiger partial charge in [0, 0.05) is 6.04 Å². The molecule has 2 N–H and O–H groups in total. The average Bonchev–Trinajstić information content (AvgIpc) is 2.42. The highest BCUT2D eigenvalue weighted by molar-refractivity contribution is 5.85. The van der Waals surface area contributed by atoms with Crippen molar-refractivity contribution in [1.82, 2.24) is 4.90 Å². The fraction of sp³-hybridized carbons (Fsp3) is 0.600. The first-order valence-corrected chi connectivity index (χ1v) is 6.84. The molecule has 2 rings (SSSR count). The minimum atomic E-state index is 0. The number of hydrogen-bond donors (Lipinski definition) is 1. The second kappa shape index (κ2) is 7.78. The van der Waals surface area contributed by atoms with Crippen LogP contribution in [-0.4, -0.2) is 24.5 Å². The first-order chi connectivity index (χ1) is 8.35. The van der Waals surface area contributed by atoms with Crippen LogP contribution in [0, 0.1) is 5.92 Å². The van der Waals surface area contributed by atoms with Crippen LogP contribution >= 0.6 is 12.4 Å². The summed E-state index contributed by atoms with van der Waals surface area (Å²) in [5, 5.41) is 0. The van der Waals surface area contributed by atoms with Crippen molar-refractivity contribution in [2.24, 2.45) is 11.7 Å². The Kier molecular flexibility index (Phi) is 6.69. The largest absolute Gasteiger partial charge is 0.330 e. The van der Waals surface area contributed by atoms with Gasteiger partial charge < -0.3 is 5.73 Å². The molecule has 0 saturated carbocycles. The van der Waals surface area contributed by atoms with Gasteiger partial charge in [-0.25, -0.2) is 0 Å². The molecule has 1 aliphatic heterocycles. The molecule has 1 unspecified atom stereocenters. The quantitative estimate of drug-likeness (QED) is 0.909. The van der Waals surface area contributed by atoms with Crippen LogP contribution in [0.2, 0.25) is 0 Å². The highest BCUT2D eigenvalue weighted by Gasteiger charge is 2.24. The molecule has 0 aromatic heterocycles. The number of halogens is 1. The van der Waals surface area contributed by atoms with Crippen LogP contribution in [-0.2, 0) is 0 Å². The first kappa shape index (κ1) is 15.5. The van der Waals surface area contributed by atoms with Crippen LogP contribution in [0.4, 0.5) is 0 Å². The van der Waals surface area contributed by atoms with E-state index in [2.05, 4.69) is 42.2 Å². The summed E-state index contributed by atoms with van der Waals surface area (Å²) in [6.45, 7) is 5.55. The lowest BCUT2D eigenvalue weighted by molar-refractivity contribution is 0.131. The van der Waals surface area contributed by atoms with Gasteiger partial charge in [-0.15, -0.1) is 12.4 Å².